The van der Waals surface area contributed by atoms with Crippen molar-refractivity contribution in [3.05, 3.63) is 83.4 Å². The van der Waals surface area contributed by atoms with Gasteiger partial charge in [0.1, 0.15) is 0 Å². The molecule has 0 radical (unpaired) electrons. The largest absolute Gasteiger partial charge is 0.339 e. The Hall–Kier alpha value is -3.14. The second-order valence-corrected chi connectivity index (χ2v) is 9.00. The normalized spacial score (nSPS) is 19.1. The number of hydrogen-bond donors (Lipinski definition) is 0. The molecule has 3 aromatic carbocycles. The first-order valence-corrected chi connectivity index (χ1v) is 11.8. The maximum absolute atomic E-state index is 13.5. The lowest BCUT2D eigenvalue weighted by Gasteiger charge is -2.40. The van der Waals surface area contributed by atoms with Crippen molar-refractivity contribution >= 4 is 22.6 Å². The molecule has 2 amide bonds. The number of benzene rings is 3. The van der Waals surface area contributed by atoms with Crippen LogP contribution in [0, 0.1) is 5.92 Å². The van der Waals surface area contributed by atoms with Gasteiger partial charge in [-0.3, -0.25) is 9.59 Å². The van der Waals surface area contributed by atoms with Crippen molar-refractivity contribution in [2.75, 3.05) is 19.6 Å². The highest BCUT2D eigenvalue weighted by atomic mass is 16.2. The summed E-state index contributed by atoms with van der Waals surface area (Å²) in [5.74, 6) is 0.348. The van der Waals surface area contributed by atoms with Crippen LogP contribution in [0.25, 0.3) is 10.8 Å². The van der Waals surface area contributed by atoms with Crippen molar-refractivity contribution in [2.24, 2.45) is 5.92 Å². The first-order chi connectivity index (χ1) is 15.7. The minimum absolute atomic E-state index is 0.00544. The number of carbonyl (C=O) groups excluding carboxylic acids is 2. The summed E-state index contributed by atoms with van der Waals surface area (Å²) in [6.07, 6.45) is 3.34. The molecule has 0 aliphatic carbocycles. The average molecular weight is 427 g/mol. The molecule has 0 spiro atoms. The summed E-state index contributed by atoms with van der Waals surface area (Å²) in [4.78, 5) is 30.8. The molecule has 0 N–H and O–H groups in total. The van der Waals surface area contributed by atoms with Crippen molar-refractivity contribution in [1.29, 1.82) is 0 Å². The predicted octanol–water partition coefficient (Wildman–Crippen LogP) is 5.23. The Morgan fingerprint density at radius 3 is 2.41 bits per heavy atom. The third-order valence-corrected chi connectivity index (χ3v) is 7.23. The van der Waals surface area contributed by atoms with E-state index in [2.05, 4.69) is 36.1 Å². The first-order valence-electron chi connectivity index (χ1n) is 11.8. The van der Waals surface area contributed by atoms with Crippen LogP contribution in [-0.2, 0) is 11.2 Å². The van der Waals surface area contributed by atoms with E-state index in [1.165, 1.54) is 11.1 Å². The lowest BCUT2D eigenvalue weighted by molar-refractivity contribution is -0.140. The van der Waals surface area contributed by atoms with Crippen molar-refractivity contribution < 1.29 is 9.59 Å². The molecule has 5 rings (SSSR count). The van der Waals surface area contributed by atoms with Gasteiger partial charge in [0.05, 0.1) is 6.04 Å². The Morgan fingerprint density at radius 1 is 0.875 bits per heavy atom. The van der Waals surface area contributed by atoms with E-state index in [4.69, 9.17) is 0 Å². The molecule has 1 saturated heterocycles. The zero-order valence-electron chi connectivity index (χ0n) is 18.7. The minimum atomic E-state index is 0.00544. The van der Waals surface area contributed by atoms with Crippen LogP contribution in [0.2, 0.25) is 0 Å². The molecule has 3 aromatic rings. The van der Waals surface area contributed by atoms with Gasteiger partial charge in [-0.15, -0.1) is 0 Å². The predicted molar refractivity (Wildman–Crippen MR) is 127 cm³/mol. The first kappa shape index (κ1) is 20.7. The number of hydrogen-bond acceptors (Lipinski definition) is 2. The number of nitrogens with zero attached hydrogens (tertiary/aromatic N) is 2. The van der Waals surface area contributed by atoms with E-state index in [0.29, 0.717) is 13.1 Å². The molecule has 2 aliphatic heterocycles. The highest BCUT2D eigenvalue weighted by Crippen LogP contribution is 2.34. The Kier molecular flexibility index (Phi) is 5.69. The summed E-state index contributed by atoms with van der Waals surface area (Å²) >= 11 is 0. The summed E-state index contributed by atoms with van der Waals surface area (Å²) in [7, 11) is 0. The summed E-state index contributed by atoms with van der Waals surface area (Å²) in [6.45, 7) is 4.24. The average Bonchev–Trinajstić information content (AvgIpc) is 2.87. The van der Waals surface area contributed by atoms with Crippen LogP contribution in [0.4, 0.5) is 0 Å². The van der Waals surface area contributed by atoms with E-state index < -0.39 is 0 Å². The number of piperidine rings is 1. The number of carbonyl (C=O) groups is 2. The minimum Gasteiger partial charge on any atom is -0.339 e. The summed E-state index contributed by atoms with van der Waals surface area (Å²) in [6, 6.07) is 22.6. The summed E-state index contributed by atoms with van der Waals surface area (Å²) < 4.78 is 0. The maximum Gasteiger partial charge on any atom is 0.254 e. The second kappa shape index (κ2) is 8.78. The van der Waals surface area contributed by atoms with Gasteiger partial charge in [0.25, 0.3) is 5.91 Å². The second-order valence-electron chi connectivity index (χ2n) is 9.00. The molecular weight excluding hydrogens is 396 g/mol. The van der Waals surface area contributed by atoms with Crippen LogP contribution < -0.4 is 0 Å². The van der Waals surface area contributed by atoms with Gasteiger partial charge in [0.2, 0.25) is 5.91 Å². The highest BCUT2D eigenvalue weighted by molar-refractivity contribution is 6.07. The van der Waals surface area contributed by atoms with Crippen molar-refractivity contribution in [3.63, 3.8) is 0 Å². The molecule has 0 aromatic heterocycles. The van der Waals surface area contributed by atoms with Crippen molar-refractivity contribution in [3.8, 4) is 0 Å². The van der Waals surface area contributed by atoms with E-state index in [1.54, 1.807) is 0 Å². The SMILES string of the molecule is CCC1c2ccccc2CCN1C(=O)C1CCN(C(=O)c2cccc3ccccc23)CC1. The molecule has 0 bridgehead atoms. The van der Waals surface area contributed by atoms with Crippen LogP contribution in [0.5, 0.6) is 0 Å². The van der Waals surface area contributed by atoms with Crippen LogP contribution in [0.3, 0.4) is 0 Å². The molecule has 1 fully saturated rings. The Balaban J connectivity index is 1.27. The molecule has 2 heterocycles. The quantitative estimate of drug-likeness (QED) is 0.576. The summed E-state index contributed by atoms with van der Waals surface area (Å²) in [5, 5.41) is 2.08. The van der Waals surface area contributed by atoms with Gasteiger partial charge in [0.15, 0.2) is 0 Å². The molecular formula is C28H30N2O2. The van der Waals surface area contributed by atoms with Gasteiger partial charge in [-0.1, -0.05) is 67.6 Å². The van der Waals surface area contributed by atoms with Gasteiger partial charge in [0, 0.05) is 31.1 Å². The van der Waals surface area contributed by atoms with E-state index in [-0.39, 0.29) is 23.8 Å². The third-order valence-electron chi connectivity index (χ3n) is 7.23. The van der Waals surface area contributed by atoms with E-state index in [1.807, 2.05) is 47.4 Å². The van der Waals surface area contributed by atoms with E-state index >= 15 is 0 Å². The summed E-state index contributed by atoms with van der Waals surface area (Å²) in [5.41, 5.74) is 3.43. The van der Waals surface area contributed by atoms with Crippen molar-refractivity contribution in [2.45, 2.75) is 38.6 Å². The Labute approximate surface area is 189 Å². The standard InChI is InChI=1S/C28H30N2O2/c1-2-26-24-12-6-4-9-21(24)16-19-30(26)27(31)22-14-17-29(18-15-22)28(32)25-13-7-10-20-8-3-5-11-23(20)25/h3-13,22,26H,2,14-19H2,1H3. The topological polar surface area (TPSA) is 40.6 Å². The molecule has 2 aliphatic rings. The monoisotopic (exact) mass is 426 g/mol. The smallest absolute Gasteiger partial charge is 0.254 e. The molecule has 32 heavy (non-hydrogen) atoms. The number of amides is 2. The fraction of sp³-hybridized carbons (Fsp3) is 0.357. The number of likely N-dealkylation sites (tertiary alicyclic amines) is 1. The fourth-order valence-electron chi connectivity index (χ4n) is 5.50. The molecule has 0 saturated carbocycles. The van der Waals surface area contributed by atoms with Crippen LogP contribution in [-0.4, -0.2) is 41.2 Å². The van der Waals surface area contributed by atoms with E-state index in [9.17, 15) is 9.59 Å². The molecule has 4 heteroatoms. The lowest BCUT2D eigenvalue weighted by atomic mass is 9.88. The molecule has 164 valence electrons. The van der Waals surface area contributed by atoms with Gasteiger partial charge < -0.3 is 9.80 Å². The van der Waals surface area contributed by atoms with Crippen LogP contribution >= 0.6 is 0 Å². The lowest BCUT2D eigenvalue weighted by Crippen LogP contribution is -2.47. The van der Waals surface area contributed by atoms with Crippen LogP contribution in [0.1, 0.15) is 53.7 Å². The van der Waals surface area contributed by atoms with Gasteiger partial charge >= 0.3 is 0 Å². The van der Waals surface area contributed by atoms with E-state index in [0.717, 1.165) is 48.6 Å². The molecule has 1 atom stereocenters. The van der Waals surface area contributed by atoms with Gasteiger partial charge in [-0.2, -0.15) is 0 Å². The van der Waals surface area contributed by atoms with Gasteiger partial charge in [-0.05, 0) is 53.6 Å². The Morgan fingerprint density at radius 2 is 1.59 bits per heavy atom. The molecule has 1 unspecified atom stereocenters. The van der Waals surface area contributed by atoms with Crippen LogP contribution in [0.15, 0.2) is 66.7 Å². The zero-order chi connectivity index (χ0) is 22.1. The number of rotatable bonds is 3. The van der Waals surface area contributed by atoms with Gasteiger partial charge in [-0.25, -0.2) is 0 Å². The maximum atomic E-state index is 13.5. The highest BCUT2D eigenvalue weighted by Gasteiger charge is 2.35. The zero-order valence-corrected chi connectivity index (χ0v) is 18.7. The Bertz CT molecular complexity index is 1140. The molecule has 4 nitrogen and oxygen atoms in total. The fourth-order valence-corrected chi connectivity index (χ4v) is 5.50. The third kappa shape index (κ3) is 3.68. The van der Waals surface area contributed by atoms with Crippen molar-refractivity contribution in [1.82, 2.24) is 9.80 Å². The number of fused-ring (bicyclic) bond motifs is 2.